The Hall–Kier alpha value is -4.33. The maximum absolute atomic E-state index is 13.5. The minimum absolute atomic E-state index is 0.0228. The quantitative estimate of drug-likeness (QED) is 0.299. The van der Waals surface area contributed by atoms with Gasteiger partial charge in [0.15, 0.2) is 5.17 Å². The van der Waals surface area contributed by atoms with Crippen LogP contribution in [0, 0.1) is 0 Å². The Kier molecular flexibility index (Phi) is 9.34. The Bertz CT molecular complexity index is 1690. The summed E-state index contributed by atoms with van der Waals surface area (Å²) in [5, 5.41) is 11.2. The van der Waals surface area contributed by atoms with Crippen LogP contribution >= 0.6 is 11.8 Å². The van der Waals surface area contributed by atoms with Gasteiger partial charge in [-0.1, -0.05) is 66.4 Å². The molecule has 0 aromatic heterocycles. The number of benzene rings is 3. The fourth-order valence-corrected chi connectivity index (χ4v) is 5.96. The molecular formula is C30H30N6O5S2. The molecule has 0 saturated carbocycles. The Labute approximate surface area is 253 Å². The number of carbonyl (C=O) groups is 3. The maximum Gasteiger partial charge on any atom is 0.259 e. The van der Waals surface area contributed by atoms with Gasteiger partial charge in [0.1, 0.15) is 11.9 Å². The standard InChI is InChI=1S/C30H30N6O5S2/c31-43(40,41)22-12-10-20(11-13-22)16-17-32-27(38)19-42-30-35-24-9-5-4-8-23(24)28-34-25(29(39)36(28)30)14-15-26(37)33-18-21-6-2-1-3-7-21/h1-13,25H,14-19H2,(H,32,38)(H,33,37)(H2,31,40,41). The number of fused-ring (bicyclic) bond motifs is 3. The molecule has 222 valence electrons. The first-order valence-electron chi connectivity index (χ1n) is 13.6. The summed E-state index contributed by atoms with van der Waals surface area (Å²) in [7, 11) is -3.76. The molecule has 3 aromatic rings. The summed E-state index contributed by atoms with van der Waals surface area (Å²) in [5.74, 6) is -0.201. The number of amidine groups is 2. The van der Waals surface area contributed by atoms with Crippen LogP contribution in [-0.4, -0.2) is 60.4 Å². The summed E-state index contributed by atoms with van der Waals surface area (Å²) in [5.41, 5.74) is 3.20. The van der Waals surface area contributed by atoms with Gasteiger partial charge in [-0.25, -0.2) is 23.4 Å². The summed E-state index contributed by atoms with van der Waals surface area (Å²) >= 11 is 1.13. The van der Waals surface area contributed by atoms with Crippen LogP contribution in [0.15, 0.2) is 93.7 Å². The molecular weight excluding hydrogens is 589 g/mol. The number of primary sulfonamides is 1. The van der Waals surface area contributed by atoms with E-state index >= 15 is 0 Å². The van der Waals surface area contributed by atoms with E-state index in [9.17, 15) is 22.8 Å². The molecule has 0 radical (unpaired) electrons. The molecule has 4 N–H and O–H groups in total. The van der Waals surface area contributed by atoms with Crippen LogP contribution in [0.1, 0.15) is 29.5 Å². The lowest BCUT2D eigenvalue weighted by atomic mass is 10.1. The second kappa shape index (κ2) is 13.3. The Morgan fingerprint density at radius 1 is 0.907 bits per heavy atom. The lowest BCUT2D eigenvalue weighted by Gasteiger charge is -2.25. The second-order valence-electron chi connectivity index (χ2n) is 9.93. The van der Waals surface area contributed by atoms with Crippen LogP contribution in [0.25, 0.3) is 0 Å². The monoisotopic (exact) mass is 618 g/mol. The molecule has 2 aliphatic heterocycles. The number of carbonyl (C=O) groups excluding carboxylic acids is 3. The summed E-state index contributed by atoms with van der Waals surface area (Å²) in [6.07, 6.45) is 0.887. The molecule has 11 nitrogen and oxygen atoms in total. The normalized spacial score (nSPS) is 15.7. The SMILES string of the molecule is NS(=O)(=O)c1ccc(CCNC(=O)CSC2=Nc3ccccc3C3=NC(CCC(=O)NCc4ccccc4)C(=O)N23)cc1. The molecule has 3 aromatic carbocycles. The first-order valence-corrected chi connectivity index (χ1v) is 16.1. The summed E-state index contributed by atoms with van der Waals surface area (Å²) in [6, 6.07) is 22.4. The van der Waals surface area contributed by atoms with Crippen molar-refractivity contribution in [3.63, 3.8) is 0 Å². The minimum atomic E-state index is -3.76. The van der Waals surface area contributed by atoms with Gasteiger partial charge in [0.2, 0.25) is 21.8 Å². The molecule has 2 heterocycles. The fourth-order valence-electron chi connectivity index (χ4n) is 4.61. The molecule has 2 aliphatic rings. The largest absolute Gasteiger partial charge is 0.355 e. The number of aliphatic imine (C=N–C) groups is 2. The van der Waals surface area contributed by atoms with Crippen LogP contribution in [0.2, 0.25) is 0 Å². The zero-order valence-electron chi connectivity index (χ0n) is 23.1. The van der Waals surface area contributed by atoms with Gasteiger partial charge in [-0.2, -0.15) is 0 Å². The predicted octanol–water partition coefficient (Wildman–Crippen LogP) is 2.48. The number of hydrogen-bond acceptors (Lipinski definition) is 8. The van der Waals surface area contributed by atoms with E-state index in [2.05, 4.69) is 20.6 Å². The maximum atomic E-state index is 13.5. The number of para-hydroxylation sites is 1. The van der Waals surface area contributed by atoms with Crippen molar-refractivity contribution in [2.75, 3.05) is 12.3 Å². The van der Waals surface area contributed by atoms with Gasteiger partial charge in [-0.15, -0.1) is 0 Å². The highest BCUT2D eigenvalue weighted by atomic mass is 32.2. The Balaban J connectivity index is 1.16. The highest BCUT2D eigenvalue weighted by Gasteiger charge is 2.41. The van der Waals surface area contributed by atoms with Crippen molar-refractivity contribution in [3.8, 4) is 0 Å². The molecule has 1 unspecified atom stereocenters. The van der Waals surface area contributed by atoms with E-state index in [1.165, 1.54) is 17.0 Å². The van der Waals surface area contributed by atoms with Crippen LogP contribution in [-0.2, 0) is 37.4 Å². The molecule has 0 fully saturated rings. The highest BCUT2D eigenvalue weighted by molar-refractivity contribution is 8.14. The molecule has 0 bridgehead atoms. The Morgan fingerprint density at radius 2 is 1.63 bits per heavy atom. The van der Waals surface area contributed by atoms with Crippen molar-refractivity contribution < 1.29 is 22.8 Å². The van der Waals surface area contributed by atoms with E-state index < -0.39 is 16.1 Å². The molecule has 13 heteroatoms. The van der Waals surface area contributed by atoms with Gasteiger partial charge in [0.25, 0.3) is 5.91 Å². The average molecular weight is 619 g/mol. The third-order valence-electron chi connectivity index (χ3n) is 6.85. The van der Waals surface area contributed by atoms with E-state index in [1.54, 1.807) is 12.1 Å². The van der Waals surface area contributed by atoms with Gasteiger partial charge >= 0.3 is 0 Å². The molecule has 0 saturated heterocycles. The molecule has 3 amide bonds. The number of nitrogens with zero attached hydrogens (tertiary/aromatic N) is 3. The van der Waals surface area contributed by atoms with Crippen LogP contribution in [0.4, 0.5) is 5.69 Å². The van der Waals surface area contributed by atoms with E-state index in [1.807, 2.05) is 54.6 Å². The fraction of sp³-hybridized carbons (Fsp3) is 0.233. The van der Waals surface area contributed by atoms with Gasteiger partial charge in [0, 0.05) is 25.1 Å². The van der Waals surface area contributed by atoms with E-state index in [0.29, 0.717) is 41.8 Å². The highest BCUT2D eigenvalue weighted by Crippen LogP contribution is 2.34. The van der Waals surface area contributed by atoms with Crippen LogP contribution in [0.5, 0.6) is 0 Å². The lowest BCUT2D eigenvalue weighted by molar-refractivity contribution is -0.125. The van der Waals surface area contributed by atoms with E-state index in [-0.39, 0.29) is 41.2 Å². The molecule has 0 spiro atoms. The number of nitrogens with two attached hydrogens (primary N) is 1. The number of hydrogen-bond donors (Lipinski definition) is 3. The smallest absolute Gasteiger partial charge is 0.259 e. The predicted molar refractivity (Wildman–Crippen MR) is 165 cm³/mol. The molecule has 1 atom stereocenters. The van der Waals surface area contributed by atoms with Gasteiger partial charge in [-0.05, 0) is 48.2 Å². The number of amides is 3. The van der Waals surface area contributed by atoms with Crippen molar-refractivity contribution in [1.82, 2.24) is 15.5 Å². The zero-order valence-corrected chi connectivity index (χ0v) is 24.7. The summed E-state index contributed by atoms with van der Waals surface area (Å²) < 4.78 is 22.8. The lowest BCUT2D eigenvalue weighted by Crippen LogP contribution is -2.42. The van der Waals surface area contributed by atoms with E-state index in [0.717, 1.165) is 22.9 Å². The van der Waals surface area contributed by atoms with E-state index in [4.69, 9.17) is 5.14 Å². The van der Waals surface area contributed by atoms with Crippen molar-refractivity contribution >= 4 is 56.2 Å². The number of sulfonamides is 1. The van der Waals surface area contributed by atoms with Gasteiger partial charge in [-0.3, -0.25) is 19.4 Å². The van der Waals surface area contributed by atoms with Gasteiger partial charge < -0.3 is 10.6 Å². The van der Waals surface area contributed by atoms with Gasteiger partial charge in [0.05, 0.1) is 16.3 Å². The molecule has 5 rings (SSSR count). The molecule has 0 aliphatic carbocycles. The van der Waals surface area contributed by atoms with Crippen molar-refractivity contribution in [3.05, 3.63) is 95.6 Å². The van der Waals surface area contributed by atoms with Crippen molar-refractivity contribution in [2.24, 2.45) is 15.1 Å². The Morgan fingerprint density at radius 3 is 2.37 bits per heavy atom. The number of rotatable bonds is 11. The molecule has 43 heavy (non-hydrogen) atoms. The zero-order chi connectivity index (χ0) is 30.4. The number of thioether (sulfide) groups is 1. The minimum Gasteiger partial charge on any atom is -0.355 e. The average Bonchev–Trinajstić information content (AvgIpc) is 3.34. The second-order valence-corrected chi connectivity index (χ2v) is 12.4. The number of nitrogens with one attached hydrogen (secondary N) is 2. The third kappa shape index (κ3) is 7.55. The first kappa shape index (κ1) is 30.1. The van der Waals surface area contributed by atoms with Crippen molar-refractivity contribution in [1.29, 1.82) is 0 Å². The van der Waals surface area contributed by atoms with Crippen LogP contribution in [0.3, 0.4) is 0 Å². The first-order chi connectivity index (χ1) is 20.7. The van der Waals surface area contributed by atoms with Crippen LogP contribution < -0.4 is 15.8 Å². The topological polar surface area (TPSA) is 163 Å². The third-order valence-corrected chi connectivity index (χ3v) is 8.71. The van der Waals surface area contributed by atoms with Crippen molar-refractivity contribution in [2.45, 2.75) is 36.7 Å². The summed E-state index contributed by atoms with van der Waals surface area (Å²) in [4.78, 5) is 49.3. The summed E-state index contributed by atoms with van der Waals surface area (Å²) in [6.45, 7) is 0.750.